The van der Waals surface area contributed by atoms with Gasteiger partial charge in [0.05, 0.1) is 0 Å². The summed E-state index contributed by atoms with van der Waals surface area (Å²) >= 11 is 0. The predicted octanol–water partition coefficient (Wildman–Crippen LogP) is 2.12. The summed E-state index contributed by atoms with van der Waals surface area (Å²) < 4.78 is 0. The summed E-state index contributed by atoms with van der Waals surface area (Å²) in [5.41, 5.74) is 2.62. The predicted molar refractivity (Wildman–Crippen MR) is 79.8 cm³/mol. The fourth-order valence-electron chi connectivity index (χ4n) is 2.56. The van der Waals surface area contributed by atoms with Crippen LogP contribution in [0.5, 0.6) is 0 Å². The maximum atomic E-state index is 4.08. The summed E-state index contributed by atoms with van der Waals surface area (Å²) in [6.45, 7) is 5.23. The van der Waals surface area contributed by atoms with Crippen LogP contribution in [0, 0.1) is 12.8 Å². The van der Waals surface area contributed by atoms with Crippen LogP contribution in [-0.2, 0) is 0 Å². The Bertz CT molecular complexity index is 540. The van der Waals surface area contributed by atoms with Crippen LogP contribution in [0.4, 0.5) is 11.6 Å². The van der Waals surface area contributed by atoms with E-state index in [-0.39, 0.29) is 0 Å². The topological polar surface area (TPSA) is 53.9 Å². The van der Waals surface area contributed by atoms with Crippen LogP contribution < -0.4 is 10.2 Å². The van der Waals surface area contributed by atoms with Crippen molar-refractivity contribution >= 4 is 11.6 Å². The molecule has 5 heteroatoms. The van der Waals surface area contributed by atoms with E-state index in [4.69, 9.17) is 0 Å². The Morgan fingerprint density at radius 1 is 1.20 bits per heavy atom. The molecule has 0 saturated carbocycles. The third kappa shape index (κ3) is 3.04. The number of aryl methyl sites for hydroxylation is 1. The first kappa shape index (κ1) is 12.8. The molecule has 1 atom stereocenters. The number of aromatic nitrogens is 3. The minimum absolute atomic E-state index is 0.632. The number of nitrogens with one attached hydrogen (secondary N) is 1. The van der Waals surface area contributed by atoms with Crippen LogP contribution in [-0.4, -0.2) is 34.6 Å². The maximum Gasteiger partial charge on any atom is 0.225 e. The van der Waals surface area contributed by atoms with E-state index in [1.54, 1.807) is 0 Å². The molecule has 1 unspecified atom stereocenters. The largest absolute Gasteiger partial charge is 0.371 e. The first-order valence-corrected chi connectivity index (χ1v) is 6.99. The number of rotatable bonds is 4. The minimum Gasteiger partial charge on any atom is -0.371 e. The Morgan fingerprint density at radius 2 is 1.95 bits per heavy atom. The molecule has 1 aromatic carbocycles. The van der Waals surface area contributed by atoms with E-state index in [1.807, 2.05) is 0 Å². The number of nitrogens with zero attached hydrogens (tertiary/aromatic N) is 4. The highest BCUT2D eigenvalue weighted by Gasteiger charge is 2.22. The lowest BCUT2D eigenvalue weighted by Gasteiger charge is -2.19. The van der Waals surface area contributed by atoms with Crippen molar-refractivity contribution in [3.05, 3.63) is 42.5 Å². The van der Waals surface area contributed by atoms with E-state index in [1.165, 1.54) is 30.3 Å². The Morgan fingerprint density at radius 3 is 2.70 bits per heavy atom. The molecule has 104 valence electrons. The van der Waals surface area contributed by atoms with E-state index in [9.17, 15) is 0 Å². The van der Waals surface area contributed by atoms with Crippen molar-refractivity contribution in [2.75, 3.05) is 29.9 Å². The van der Waals surface area contributed by atoms with Gasteiger partial charge in [-0.2, -0.15) is 0 Å². The maximum absolute atomic E-state index is 4.08. The molecule has 1 saturated heterocycles. The third-order valence-electron chi connectivity index (χ3n) is 3.73. The van der Waals surface area contributed by atoms with Gasteiger partial charge in [-0.1, -0.05) is 17.7 Å². The summed E-state index contributed by atoms with van der Waals surface area (Å²) in [7, 11) is 0. The second-order valence-electron chi connectivity index (χ2n) is 5.28. The number of anilines is 2. The molecule has 1 aliphatic heterocycles. The van der Waals surface area contributed by atoms with Crippen molar-refractivity contribution in [1.82, 2.24) is 15.0 Å². The van der Waals surface area contributed by atoms with Gasteiger partial charge in [0, 0.05) is 25.3 Å². The van der Waals surface area contributed by atoms with E-state index in [2.05, 4.69) is 56.4 Å². The van der Waals surface area contributed by atoms with Crippen molar-refractivity contribution in [2.45, 2.75) is 13.3 Å². The lowest BCUT2D eigenvalue weighted by molar-refractivity contribution is 0.619. The molecule has 0 spiro atoms. The van der Waals surface area contributed by atoms with E-state index >= 15 is 0 Å². The van der Waals surface area contributed by atoms with Gasteiger partial charge in [0.25, 0.3) is 0 Å². The highest BCUT2D eigenvalue weighted by molar-refractivity contribution is 5.48. The van der Waals surface area contributed by atoms with Crippen molar-refractivity contribution in [2.24, 2.45) is 5.92 Å². The van der Waals surface area contributed by atoms with E-state index < -0.39 is 0 Å². The van der Waals surface area contributed by atoms with Gasteiger partial charge < -0.3 is 10.2 Å². The highest BCUT2D eigenvalue weighted by atomic mass is 15.2. The fraction of sp³-hybridized carbons (Fsp3) is 0.400. The van der Waals surface area contributed by atoms with Crippen LogP contribution in [0.3, 0.4) is 0 Å². The molecular formula is C15H19N5. The van der Waals surface area contributed by atoms with Gasteiger partial charge in [0.1, 0.15) is 12.7 Å². The van der Waals surface area contributed by atoms with Crippen LogP contribution in [0.15, 0.2) is 36.9 Å². The zero-order valence-electron chi connectivity index (χ0n) is 11.7. The van der Waals surface area contributed by atoms with Crippen LogP contribution >= 0.6 is 0 Å². The Kier molecular flexibility index (Phi) is 3.76. The summed E-state index contributed by atoms with van der Waals surface area (Å²) in [5.74, 6) is 1.29. The number of hydrogen-bond donors (Lipinski definition) is 1. The van der Waals surface area contributed by atoms with Crippen LogP contribution in [0.2, 0.25) is 0 Å². The van der Waals surface area contributed by atoms with Gasteiger partial charge in [0.15, 0.2) is 0 Å². The summed E-state index contributed by atoms with van der Waals surface area (Å²) in [4.78, 5) is 14.4. The molecule has 1 N–H and O–H groups in total. The zero-order chi connectivity index (χ0) is 13.8. The standard InChI is InChI=1S/C15H19N5/c1-12-2-4-14(5-3-12)20-7-6-13(9-20)8-17-15-18-10-16-11-19-15/h2-5,10-11,13H,6-9H2,1H3,(H,16,17,18,19). The Labute approximate surface area is 119 Å². The average molecular weight is 269 g/mol. The molecule has 1 aliphatic rings. The molecule has 1 aromatic heterocycles. The Hall–Kier alpha value is -2.17. The van der Waals surface area contributed by atoms with Crippen molar-refractivity contribution in [1.29, 1.82) is 0 Å². The molecule has 20 heavy (non-hydrogen) atoms. The lowest BCUT2D eigenvalue weighted by Crippen LogP contribution is -2.22. The quantitative estimate of drug-likeness (QED) is 0.921. The summed E-state index contributed by atoms with van der Waals surface area (Å²) in [6.07, 6.45) is 4.23. The molecular weight excluding hydrogens is 250 g/mol. The van der Waals surface area contributed by atoms with Crippen molar-refractivity contribution < 1.29 is 0 Å². The van der Waals surface area contributed by atoms with Crippen molar-refractivity contribution in [3.8, 4) is 0 Å². The Balaban J connectivity index is 1.53. The highest BCUT2D eigenvalue weighted by Crippen LogP contribution is 2.24. The molecule has 0 amide bonds. The third-order valence-corrected chi connectivity index (χ3v) is 3.73. The molecule has 5 nitrogen and oxygen atoms in total. The van der Waals surface area contributed by atoms with Crippen LogP contribution in [0.25, 0.3) is 0 Å². The molecule has 0 radical (unpaired) electrons. The summed E-state index contributed by atoms with van der Waals surface area (Å²) in [6, 6.07) is 8.76. The van der Waals surface area contributed by atoms with Gasteiger partial charge in [0.2, 0.25) is 5.95 Å². The summed E-state index contributed by atoms with van der Waals surface area (Å²) in [5, 5.41) is 3.28. The van der Waals surface area contributed by atoms with Gasteiger partial charge >= 0.3 is 0 Å². The molecule has 1 fully saturated rings. The SMILES string of the molecule is Cc1ccc(N2CCC(CNc3ncncn3)C2)cc1. The van der Waals surface area contributed by atoms with Gasteiger partial charge in [-0.3, -0.25) is 0 Å². The second kappa shape index (κ2) is 5.86. The molecule has 0 aliphatic carbocycles. The molecule has 2 aromatic rings. The van der Waals surface area contributed by atoms with Crippen molar-refractivity contribution in [3.63, 3.8) is 0 Å². The van der Waals surface area contributed by atoms with Gasteiger partial charge in [-0.25, -0.2) is 15.0 Å². The first-order valence-electron chi connectivity index (χ1n) is 6.99. The minimum atomic E-state index is 0.632. The second-order valence-corrected chi connectivity index (χ2v) is 5.28. The molecule has 0 bridgehead atoms. The fourth-order valence-corrected chi connectivity index (χ4v) is 2.56. The van der Waals surface area contributed by atoms with E-state index in [0.717, 1.165) is 19.6 Å². The number of hydrogen-bond acceptors (Lipinski definition) is 5. The molecule has 3 rings (SSSR count). The zero-order valence-corrected chi connectivity index (χ0v) is 11.7. The van der Waals surface area contributed by atoms with Crippen LogP contribution in [0.1, 0.15) is 12.0 Å². The van der Waals surface area contributed by atoms with E-state index in [0.29, 0.717) is 11.9 Å². The van der Waals surface area contributed by atoms with Gasteiger partial charge in [-0.05, 0) is 31.4 Å². The normalized spacial score (nSPS) is 18.2. The first-order chi connectivity index (χ1) is 9.81. The van der Waals surface area contributed by atoms with Gasteiger partial charge in [-0.15, -0.1) is 0 Å². The monoisotopic (exact) mass is 269 g/mol. The average Bonchev–Trinajstić information content (AvgIpc) is 2.96. The number of benzene rings is 1. The lowest BCUT2D eigenvalue weighted by atomic mass is 10.1. The smallest absolute Gasteiger partial charge is 0.225 e. The molecule has 2 heterocycles.